The molecule has 0 bridgehead atoms. The van der Waals surface area contributed by atoms with Crippen LogP contribution in [0.3, 0.4) is 0 Å². The van der Waals surface area contributed by atoms with Gasteiger partial charge in [0.1, 0.15) is 10.8 Å². The zero-order valence-electron chi connectivity index (χ0n) is 17.4. The van der Waals surface area contributed by atoms with Crippen molar-refractivity contribution < 1.29 is 9.21 Å². The first-order valence-electron chi connectivity index (χ1n) is 9.85. The van der Waals surface area contributed by atoms with E-state index in [1.54, 1.807) is 34.8 Å². The van der Waals surface area contributed by atoms with Gasteiger partial charge in [-0.3, -0.25) is 10.1 Å². The van der Waals surface area contributed by atoms with Crippen LogP contribution in [0.25, 0.3) is 26.9 Å². The lowest BCUT2D eigenvalue weighted by Crippen LogP contribution is -2.33. The summed E-state index contributed by atoms with van der Waals surface area (Å²) in [6, 6.07) is 15.9. The zero-order valence-corrected chi connectivity index (χ0v) is 20.5. The molecule has 0 aliphatic carbocycles. The number of furan rings is 1. The Balaban J connectivity index is 1.23. The van der Waals surface area contributed by atoms with Crippen LogP contribution in [0.1, 0.15) is 16.4 Å². The summed E-state index contributed by atoms with van der Waals surface area (Å²) in [6.45, 7) is 1.85. The van der Waals surface area contributed by atoms with Crippen molar-refractivity contribution in [2.75, 3.05) is 5.32 Å². The molecule has 2 aromatic carbocycles. The fraction of sp³-hybridized carbons (Fsp3) is 0.0455. The Labute approximate surface area is 212 Å². The molecule has 3 heterocycles. The van der Waals surface area contributed by atoms with Crippen LogP contribution in [0.15, 0.2) is 59.0 Å². The molecule has 12 heteroatoms. The maximum atomic E-state index is 12.6. The fourth-order valence-electron chi connectivity index (χ4n) is 3.15. The highest BCUT2D eigenvalue weighted by Gasteiger charge is 2.16. The average Bonchev–Trinajstić information content (AvgIpc) is 3.54. The van der Waals surface area contributed by atoms with Gasteiger partial charge < -0.3 is 9.73 Å². The second-order valence-corrected chi connectivity index (χ2v) is 9.25. The smallest absolute Gasteiger partial charge is 0.293 e. The van der Waals surface area contributed by atoms with Crippen molar-refractivity contribution in [3.8, 4) is 21.9 Å². The number of nitrogens with one attached hydrogen (secondary N) is 2. The third kappa shape index (κ3) is 4.40. The van der Waals surface area contributed by atoms with E-state index >= 15 is 0 Å². The summed E-state index contributed by atoms with van der Waals surface area (Å²) in [6.07, 6.45) is 0. The minimum Gasteiger partial charge on any atom is -0.451 e. The van der Waals surface area contributed by atoms with E-state index in [0.717, 1.165) is 21.4 Å². The lowest BCUT2D eigenvalue weighted by atomic mass is 10.2. The van der Waals surface area contributed by atoms with Gasteiger partial charge in [-0.2, -0.15) is 9.61 Å². The molecule has 1 amide bonds. The first-order valence-corrected chi connectivity index (χ1v) is 11.8. The number of rotatable bonds is 4. The first kappa shape index (κ1) is 22.5. The number of thiocarbonyl (C=S) groups is 1. The van der Waals surface area contributed by atoms with Crippen molar-refractivity contribution in [3.63, 3.8) is 0 Å². The number of carbonyl (C=O) groups is 1. The number of aromatic nitrogens is 4. The lowest BCUT2D eigenvalue weighted by Gasteiger charge is -2.09. The van der Waals surface area contributed by atoms with Crippen LogP contribution in [0.2, 0.25) is 10.0 Å². The number of carbonyl (C=O) groups excluding carboxylic acids is 1. The summed E-state index contributed by atoms with van der Waals surface area (Å²) in [5, 5.41) is 19.9. The fourth-order valence-corrected chi connectivity index (χ4v) is 4.65. The quantitative estimate of drug-likeness (QED) is 0.282. The van der Waals surface area contributed by atoms with Crippen LogP contribution < -0.4 is 10.6 Å². The molecule has 34 heavy (non-hydrogen) atoms. The number of anilines is 1. The minimum atomic E-state index is -0.492. The molecular weight excluding hydrogens is 515 g/mol. The molecule has 0 saturated heterocycles. The molecule has 0 aliphatic heterocycles. The van der Waals surface area contributed by atoms with Crippen molar-refractivity contribution in [2.45, 2.75) is 6.92 Å². The second-order valence-electron chi connectivity index (χ2n) is 7.10. The van der Waals surface area contributed by atoms with E-state index in [9.17, 15) is 4.79 Å². The Hall–Kier alpha value is -3.31. The van der Waals surface area contributed by atoms with Crippen LogP contribution in [0.4, 0.5) is 5.69 Å². The van der Waals surface area contributed by atoms with E-state index in [1.165, 1.54) is 11.3 Å². The standard InChI is InChI=1S/C22H14Cl2N6O2S2/c1-11-27-28-22-30(11)29-20(34-22)12-5-7-13(8-6-12)25-21(33)26-19(31)17-10-9-16(32-17)14-3-2-4-15(23)18(14)24/h2-10H,1H3,(H2,25,26,31,33). The normalized spacial score (nSPS) is 11.0. The predicted octanol–water partition coefficient (Wildman–Crippen LogP) is 5.85. The van der Waals surface area contributed by atoms with Crippen LogP contribution in [-0.4, -0.2) is 30.8 Å². The molecule has 170 valence electrons. The monoisotopic (exact) mass is 528 g/mol. The average molecular weight is 529 g/mol. The van der Waals surface area contributed by atoms with Crippen molar-refractivity contribution in [1.29, 1.82) is 0 Å². The maximum absolute atomic E-state index is 12.6. The largest absolute Gasteiger partial charge is 0.451 e. The van der Waals surface area contributed by atoms with Crippen LogP contribution >= 0.6 is 46.8 Å². The molecule has 5 aromatic rings. The molecule has 5 rings (SSSR count). The molecule has 0 atom stereocenters. The van der Waals surface area contributed by atoms with Gasteiger partial charge in [0.2, 0.25) is 4.96 Å². The number of benzene rings is 2. The Morgan fingerprint density at radius 2 is 1.88 bits per heavy atom. The highest BCUT2D eigenvalue weighted by Crippen LogP contribution is 2.34. The summed E-state index contributed by atoms with van der Waals surface area (Å²) in [4.78, 5) is 13.3. The van der Waals surface area contributed by atoms with E-state index in [-0.39, 0.29) is 10.9 Å². The van der Waals surface area contributed by atoms with Crippen LogP contribution in [-0.2, 0) is 0 Å². The van der Waals surface area contributed by atoms with E-state index in [1.807, 2.05) is 31.2 Å². The van der Waals surface area contributed by atoms with Crippen molar-refractivity contribution in [3.05, 3.63) is 76.2 Å². The molecule has 3 aromatic heterocycles. The van der Waals surface area contributed by atoms with Gasteiger partial charge >= 0.3 is 0 Å². The van der Waals surface area contributed by atoms with Gasteiger partial charge in [-0.15, -0.1) is 10.2 Å². The second kappa shape index (κ2) is 9.15. The number of hydrogen-bond acceptors (Lipinski definition) is 7. The number of hydrogen-bond donors (Lipinski definition) is 2. The highest BCUT2D eigenvalue weighted by atomic mass is 35.5. The molecule has 0 spiro atoms. The Bertz CT molecular complexity index is 1540. The van der Waals surface area contributed by atoms with Crippen molar-refractivity contribution in [2.24, 2.45) is 0 Å². The molecule has 0 fully saturated rings. The molecule has 8 nitrogen and oxygen atoms in total. The summed E-state index contributed by atoms with van der Waals surface area (Å²) in [5.41, 5.74) is 2.23. The van der Waals surface area contributed by atoms with Gasteiger partial charge in [0.05, 0.1) is 10.0 Å². The summed E-state index contributed by atoms with van der Waals surface area (Å²) < 4.78 is 7.36. The molecular formula is C22H14Cl2N6O2S2. The van der Waals surface area contributed by atoms with E-state index < -0.39 is 5.91 Å². The zero-order chi connectivity index (χ0) is 23.8. The number of halogens is 2. The van der Waals surface area contributed by atoms with Crippen molar-refractivity contribution >= 4 is 68.4 Å². The predicted molar refractivity (Wildman–Crippen MR) is 137 cm³/mol. The van der Waals surface area contributed by atoms with Gasteiger partial charge in [0.15, 0.2) is 16.7 Å². The van der Waals surface area contributed by atoms with Gasteiger partial charge in [-0.1, -0.05) is 40.6 Å². The molecule has 0 saturated carbocycles. The molecule has 0 radical (unpaired) electrons. The van der Waals surface area contributed by atoms with Crippen molar-refractivity contribution in [1.82, 2.24) is 25.1 Å². The number of nitrogens with zero attached hydrogens (tertiary/aromatic N) is 4. The van der Waals surface area contributed by atoms with Gasteiger partial charge in [0.25, 0.3) is 5.91 Å². The highest BCUT2D eigenvalue weighted by molar-refractivity contribution is 7.80. The maximum Gasteiger partial charge on any atom is 0.293 e. The van der Waals surface area contributed by atoms with Gasteiger partial charge in [0, 0.05) is 16.8 Å². The van der Waals surface area contributed by atoms with Gasteiger partial charge in [-0.05, 0) is 67.7 Å². The third-order valence-corrected chi connectivity index (χ3v) is 6.78. The Morgan fingerprint density at radius 3 is 2.65 bits per heavy atom. The Morgan fingerprint density at radius 1 is 1.09 bits per heavy atom. The lowest BCUT2D eigenvalue weighted by molar-refractivity contribution is 0.0951. The number of aryl methyl sites for hydroxylation is 1. The summed E-state index contributed by atoms with van der Waals surface area (Å²) >= 11 is 19.0. The van der Waals surface area contributed by atoms with E-state index in [0.29, 0.717) is 27.1 Å². The molecule has 0 unspecified atom stereocenters. The SMILES string of the molecule is Cc1nnc2sc(-c3ccc(NC(=S)NC(=O)c4ccc(-c5cccc(Cl)c5Cl)o4)cc3)nn12. The minimum absolute atomic E-state index is 0.0871. The van der Waals surface area contributed by atoms with Crippen LogP contribution in [0, 0.1) is 6.92 Å². The third-order valence-electron chi connectivity index (χ3n) is 4.81. The topological polar surface area (TPSA) is 97.3 Å². The number of amides is 1. The van der Waals surface area contributed by atoms with E-state index in [4.69, 9.17) is 39.8 Å². The summed E-state index contributed by atoms with van der Waals surface area (Å²) in [7, 11) is 0. The molecule has 2 N–H and O–H groups in total. The number of fused-ring (bicyclic) bond motifs is 1. The van der Waals surface area contributed by atoms with Gasteiger partial charge in [-0.25, -0.2) is 0 Å². The van der Waals surface area contributed by atoms with E-state index in [2.05, 4.69) is 25.9 Å². The van der Waals surface area contributed by atoms with Crippen LogP contribution in [0.5, 0.6) is 0 Å². The molecule has 0 aliphatic rings. The Kier molecular flexibility index (Phi) is 6.05. The first-order chi connectivity index (χ1) is 16.4. The summed E-state index contributed by atoms with van der Waals surface area (Å²) in [5.74, 6) is 0.752.